The van der Waals surface area contributed by atoms with Gasteiger partial charge in [0.2, 0.25) is 0 Å². The van der Waals surface area contributed by atoms with Crippen molar-refractivity contribution in [1.82, 2.24) is 15.0 Å². The summed E-state index contributed by atoms with van der Waals surface area (Å²) >= 11 is 0. The highest BCUT2D eigenvalue weighted by atomic mass is 16.3. The first kappa shape index (κ1) is 28.2. The molecular weight excluding hydrogens is 615 g/mol. The maximum absolute atomic E-state index is 6.72. The van der Waals surface area contributed by atoms with Gasteiger partial charge in [-0.05, 0) is 41.0 Å². The monoisotopic (exact) mass is 641 g/mol. The Morgan fingerprint density at radius 1 is 0.320 bits per heavy atom. The molecule has 0 radical (unpaired) electrons. The number of aromatic nitrogens is 3. The zero-order valence-electron chi connectivity index (χ0n) is 26.7. The minimum Gasteiger partial charge on any atom is -0.456 e. The number of hydrogen-bond donors (Lipinski definition) is 0. The van der Waals surface area contributed by atoms with Crippen LogP contribution in [0.3, 0.4) is 0 Å². The molecule has 0 amide bonds. The van der Waals surface area contributed by atoms with E-state index in [2.05, 4.69) is 72.8 Å². The summed E-state index contributed by atoms with van der Waals surface area (Å²) in [7, 11) is 0. The summed E-state index contributed by atoms with van der Waals surface area (Å²) in [5.41, 5.74) is 10.4. The fourth-order valence-corrected chi connectivity index (χ4v) is 7.06. The summed E-state index contributed by atoms with van der Waals surface area (Å²) in [5.74, 6) is 1.89. The molecule has 5 nitrogen and oxygen atoms in total. The zero-order valence-corrected chi connectivity index (χ0v) is 26.7. The number of fused-ring (bicyclic) bond motifs is 6. The number of para-hydroxylation sites is 2. The van der Waals surface area contributed by atoms with Gasteiger partial charge in [-0.1, -0.05) is 140 Å². The van der Waals surface area contributed by atoms with Crippen LogP contribution in [0.25, 0.3) is 100 Å². The molecule has 0 spiro atoms. The van der Waals surface area contributed by atoms with Crippen LogP contribution in [-0.4, -0.2) is 15.0 Å². The number of hydrogen-bond acceptors (Lipinski definition) is 5. The normalized spacial score (nSPS) is 11.6. The van der Waals surface area contributed by atoms with Crippen molar-refractivity contribution in [3.63, 3.8) is 0 Å². The summed E-state index contributed by atoms with van der Waals surface area (Å²) in [5, 5.41) is 4.30. The smallest absolute Gasteiger partial charge is 0.164 e. The van der Waals surface area contributed by atoms with Crippen LogP contribution >= 0.6 is 0 Å². The average molecular weight is 642 g/mol. The predicted molar refractivity (Wildman–Crippen MR) is 202 cm³/mol. The lowest BCUT2D eigenvalue weighted by molar-refractivity contribution is 0.668. The molecule has 0 saturated heterocycles. The van der Waals surface area contributed by atoms with Gasteiger partial charge in [-0.15, -0.1) is 0 Å². The molecule has 0 unspecified atom stereocenters. The molecule has 10 rings (SSSR count). The van der Waals surface area contributed by atoms with Crippen molar-refractivity contribution >= 4 is 43.9 Å². The van der Waals surface area contributed by atoms with Gasteiger partial charge in [-0.2, -0.15) is 0 Å². The molecule has 10 aromatic rings. The van der Waals surface area contributed by atoms with Crippen LogP contribution in [0.5, 0.6) is 0 Å². The fraction of sp³-hybridized carbons (Fsp3) is 0. The molecule has 0 N–H and O–H groups in total. The number of nitrogens with zero attached hydrogens (tertiary/aromatic N) is 3. The summed E-state index contributed by atoms with van der Waals surface area (Å²) in [6.45, 7) is 0. The second-order valence-corrected chi connectivity index (χ2v) is 12.4. The van der Waals surface area contributed by atoms with E-state index in [4.69, 9.17) is 23.8 Å². The third kappa shape index (κ3) is 4.60. The van der Waals surface area contributed by atoms with Crippen molar-refractivity contribution in [1.29, 1.82) is 0 Å². The number of benzene rings is 7. The van der Waals surface area contributed by atoms with Crippen molar-refractivity contribution in [3.8, 4) is 56.4 Å². The first-order chi connectivity index (χ1) is 24.8. The van der Waals surface area contributed by atoms with Crippen LogP contribution in [0.1, 0.15) is 0 Å². The Hall–Kier alpha value is -6.85. The van der Waals surface area contributed by atoms with Gasteiger partial charge in [0.25, 0.3) is 0 Å². The summed E-state index contributed by atoms with van der Waals surface area (Å²) < 4.78 is 12.9. The van der Waals surface area contributed by atoms with E-state index in [9.17, 15) is 0 Å². The Morgan fingerprint density at radius 2 is 0.800 bits per heavy atom. The van der Waals surface area contributed by atoms with Crippen molar-refractivity contribution in [2.75, 3.05) is 0 Å². The average Bonchev–Trinajstić information content (AvgIpc) is 3.77. The molecule has 3 heterocycles. The molecule has 7 aromatic carbocycles. The second-order valence-electron chi connectivity index (χ2n) is 12.4. The van der Waals surface area contributed by atoms with Gasteiger partial charge in [0.1, 0.15) is 22.3 Å². The van der Waals surface area contributed by atoms with Crippen molar-refractivity contribution in [3.05, 3.63) is 164 Å². The molecule has 0 atom stereocenters. The van der Waals surface area contributed by atoms with E-state index in [-0.39, 0.29) is 0 Å². The van der Waals surface area contributed by atoms with E-state index in [0.29, 0.717) is 17.5 Å². The minimum absolute atomic E-state index is 0.617. The Kier molecular flexibility index (Phi) is 6.42. The van der Waals surface area contributed by atoms with Gasteiger partial charge in [0.05, 0.1) is 0 Å². The first-order valence-electron chi connectivity index (χ1n) is 16.6. The van der Waals surface area contributed by atoms with E-state index >= 15 is 0 Å². The van der Waals surface area contributed by atoms with E-state index in [1.165, 1.54) is 0 Å². The second kappa shape index (κ2) is 11.4. The van der Waals surface area contributed by atoms with Crippen LogP contribution < -0.4 is 0 Å². The minimum atomic E-state index is 0.617. The Bertz CT molecular complexity index is 2810. The van der Waals surface area contributed by atoms with E-state index in [0.717, 1.165) is 82.8 Å². The molecule has 0 saturated carbocycles. The molecule has 0 fully saturated rings. The number of furan rings is 2. The van der Waals surface area contributed by atoms with Gasteiger partial charge < -0.3 is 8.83 Å². The molecule has 0 aliphatic rings. The highest BCUT2D eigenvalue weighted by Crippen LogP contribution is 2.44. The molecule has 50 heavy (non-hydrogen) atoms. The van der Waals surface area contributed by atoms with Crippen LogP contribution in [0.4, 0.5) is 0 Å². The molecule has 0 aliphatic heterocycles. The van der Waals surface area contributed by atoms with Gasteiger partial charge in [0, 0.05) is 43.8 Å². The molecule has 234 valence electrons. The Labute approximate surface area is 287 Å². The van der Waals surface area contributed by atoms with Gasteiger partial charge in [0.15, 0.2) is 17.5 Å². The van der Waals surface area contributed by atoms with Gasteiger partial charge in [-0.3, -0.25) is 0 Å². The van der Waals surface area contributed by atoms with Crippen LogP contribution in [-0.2, 0) is 0 Å². The van der Waals surface area contributed by atoms with E-state index < -0.39 is 0 Å². The highest BCUT2D eigenvalue weighted by Gasteiger charge is 2.20. The predicted octanol–water partition coefficient (Wildman–Crippen LogP) is 12.0. The van der Waals surface area contributed by atoms with Crippen LogP contribution in [0.15, 0.2) is 173 Å². The lowest BCUT2D eigenvalue weighted by Crippen LogP contribution is -2.00. The SMILES string of the molecule is c1ccc(-c2nc(-c3ccccc3)nc(-c3cccc(-c4cccc5oc6c(-c7cccc8oc9ccccc9c78)cccc6c45)c3)n2)cc1. The lowest BCUT2D eigenvalue weighted by atomic mass is 9.95. The van der Waals surface area contributed by atoms with Crippen LogP contribution in [0.2, 0.25) is 0 Å². The molecule has 0 aliphatic carbocycles. The fourth-order valence-electron chi connectivity index (χ4n) is 7.06. The standard InChI is InChI=1S/C45H27N3O2/c1-3-13-28(14-4-1)43-46-44(29-15-5-2-6-16-29)48-45(47-43)31-18-9-17-30(27-31)32-20-11-26-39-40(32)36-23-10-22-34(42(36)50-39)33-21-12-25-38-41(33)35-19-7-8-24-37(35)49-38/h1-27H. The van der Waals surface area contributed by atoms with Crippen molar-refractivity contribution in [2.24, 2.45) is 0 Å². The summed E-state index contributed by atoms with van der Waals surface area (Å²) in [6, 6.07) is 55.6. The molecular formula is C45H27N3O2. The Balaban J connectivity index is 1.14. The van der Waals surface area contributed by atoms with Gasteiger partial charge >= 0.3 is 0 Å². The zero-order chi connectivity index (χ0) is 33.0. The third-order valence-corrected chi connectivity index (χ3v) is 9.35. The third-order valence-electron chi connectivity index (χ3n) is 9.35. The maximum atomic E-state index is 6.72. The largest absolute Gasteiger partial charge is 0.456 e. The van der Waals surface area contributed by atoms with E-state index in [1.54, 1.807) is 0 Å². The molecule has 0 bridgehead atoms. The first-order valence-corrected chi connectivity index (χ1v) is 16.6. The summed E-state index contributed by atoms with van der Waals surface area (Å²) in [4.78, 5) is 14.8. The molecule has 3 aromatic heterocycles. The van der Waals surface area contributed by atoms with Crippen LogP contribution in [0, 0.1) is 0 Å². The number of rotatable bonds is 5. The van der Waals surface area contributed by atoms with Crippen molar-refractivity contribution in [2.45, 2.75) is 0 Å². The summed E-state index contributed by atoms with van der Waals surface area (Å²) in [6.07, 6.45) is 0. The van der Waals surface area contributed by atoms with E-state index in [1.807, 2.05) is 91.0 Å². The topological polar surface area (TPSA) is 65.0 Å². The lowest BCUT2D eigenvalue weighted by Gasteiger charge is -2.10. The van der Waals surface area contributed by atoms with Crippen molar-refractivity contribution < 1.29 is 8.83 Å². The van der Waals surface area contributed by atoms with Gasteiger partial charge in [-0.25, -0.2) is 15.0 Å². The maximum Gasteiger partial charge on any atom is 0.164 e. The Morgan fingerprint density at radius 3 is 1.54 bits per heavy atom. The quantitative estimate of drug-likeness (QED) is 0.187. The molecule has 5 heteroatoms. The highest BCUT2D eigenvalue weighted by molar-refractivity contribution is 6.19.